The lowest BCUT2D eigenvalue weighted by atomic mass is 10.1. The number of hydrogen-bond donors (Lipinski definition) is 3. The number of rotatable bonds is 9. The molecule has 17 heavy (non-hydrogen) atoms. The van der Waals surface area contributed by atoms with Crippen LogP contribution in [0.1, 0.15) is 46.5 Å². The molecule has 100 valence electrons. The largest absolute Gasteiger partial charge is 0.480 e. The number of carboxylic acids is 1. The molecule has 5 heteroatoms. The third-order valence-electron chi connectivity index (χ3n) is 2.55. The molecule has 3 N–H and O–H groups in total. The maximum atomic E-state index is 11.6. The molecule has 0 aromatic rings. The summed E-state index contributed by atoms with van der Waals surface area (Å²) >= 11 is 0. The zero-order valence-electron chi connectivity index (χ0n) is 11.0. The van der Waals surface area contributed by atoms with Crippen LogP contribution < -0.4 is 10.6 Å². The summed E-state index contributed by atoms with van der Waals surface area (Å²) in [6.45, 7) is 6.30. The first kappa shape index (κ1) is 15.9. The molecule has 5 nitrogen and oxygen atoms in total. The molecule has 0 heterocycles. The normalized spacial score (nSPS) is 14.1. The number of hydrogen-bond acceptors (Lipinski definition) is 3. The molecule has 0 rings (SSSR count). The molecule has 0 unspecified atom stereocenters. The first-order valence-electron chi connectivity index (χ1n) is 6.29. The topological polar surface area (TPSA) is 78.4 Å². The van der Waals surface area contributed by atoms with E-state index in [2.05, 4.69) is 17.6 Å². The van der Waals surface area contributed by atoms with Crippen molar-refractivity contribution in [2.24, 2.45) is 0 Å². The van der Waals surface area contributed by atoms with Gasteiger partial charge in [0.2, 0.25) is 5.91 Å². The van der Waals surface area contributed by atoms with Gasteiger partial charge in [-0.3, -0.25) is 14.9 Å². The van der Waals surface area contributed by atoms with Gasteiger partial charge in [-0.05, 0) is 19.8 Å². The second-order valence-corrected chi connectivity index (χ2v) is 4.21. The molecule has 0 spiro atoms. The van der Waals surface area contributed by atoms with Crippen molar-refractivity contribution in [2.45, 2.75) is 58.5 Å². The number of carbonyl (C=O) groups excluding carboxylic acids is 1. The lowest BCUT2D eigenvalue weighted by molar-refractivity contribution is -0.140. The van der Waals surface area contributed by atoms with Gasteiger partial charge in [-0.15, -0.1) is 0 Å². The zero-order valence-corrected chi connectivity index (χ0v) is 11.0. The molecule has 0 aliphatic carbocycles. The van der Waals surface area contributed by atoms with E-state index in [4.69, 9.17) is 5.11 Å². The van der Waals surface area contributed by atoms with Crippen molar-refractivity contribution in [3.05, 3.63) is 0 Å². The van der Waals surface area contributed by atoms with E-state index in [1.807, 2.05) is 6.92 Å². The molecule has 0 aromatic heterocycles. The minimum Gasteiger partial charge on any atom is -0.480 e. The number of carboxylic acid groups (broad SMARTS) is 1. The van der Waals surface area contributed by atoms with Crippen molar-refractivity contribution in [1.29, 1.82) is 0 Å². The summed E-state index contributed by atoms with van der Waals surface area (Å²) in [4.78, 5) is 22.5. The van der Waals surface area contributed by atoms with Crippen LogP contribution in [0.25, 0.3) is 0 Å². The third-order valence-corrected chi connectivity index (χ3v) is 2.55. The van der Waals surface area contributed by atoms with E-state index < -0.39 is 18.1 Å². The van der Waals surface area contributed by atoms with Gasteiger partial charge >= 0.3 is 5.97 Å². The molecular weight excluding hydrogens is 220 g/mol. The predicted molar refractivity (Wildman–Crippen MR) is 66.8 cm³/mol. The van der Waals surface area contributed by atoms with Crippen molar-refractivity contribution in [3.8, 4) is 0 Å². The van der Waals surface area contributed by atoms with Crippen molar-refractivity contribution >= 4 is 11.9 Å². The fourth-order valence-corrected chi connectivity index (χ4v) is 1.49. The smallest absolute Gasteiger partial charge is 0.320 e. The Kier molecular flexibility index (Phi) is 8.40. The quantitative estimate of drug-likeness (QED) is 0.531. The van der Waals surface area contributed by atoms with Gasteiger partial charge in [0.05, 0.1) is 6.04 Å². The van der Waals surface area contributed by atoms with Crippen LogP contribution in [-0.2, 0) is 9.59 Å². The highest BCUT2D eigenvalue weighted by Gasteiger charge is 2.21. The molecule has 0 aliphatic rings. The first-order chi connectivity index (χ1) is 8.02. The Morgan fingerprint density at radius 1 is 1.24 bits per heavy atom. The van der Waals surface area contributed by atoms with Gasteiger partial charge in [-0.1, -0.05) is 26.7 Å². The number of nitrogens with one attached hydrogen (secondary N) is 2. The van der Waals surface area contributed by atoms with E-state index in [9.17, 15) is 9.59 Å². The Balaban J connectivity index is 4.06. The van der Waals surface area contributed by atoms with Gasteiger partial charge in [-0.2, -0.15) is 0 Å². The van der Waals surface area contributed by atoms with Crippen LogP contribution in [0.15, 0.2) is 0 Å². The van der Waals surface area contributed by atoms with Gasteiger partial charge in [0, 0.05) is 6.54 Å². The molecule has 0 aliphatic heterocycles. The number of unbranched alkanes of at least 4 members (excludes halogenated alkanes) is 1. The zero-order chi connectivity index (χ0) is 13.3. The van der Waals surface area contributed by atoms with Gasteiger partial charge < -0.3 is 10.4 Å². The van der Waals surface area contributed by atoms with Crippen molar-refractivity contribution in [2.75, 3.05) is 6.54 Å². The molecular formula is C12H24N2O3. The van der Waals surface area contributed by atoms with E-state index in [1.54, 1.807) is 6.92 Å². The number of amides is 1. The van der Waals surface area contributed by atoms with Crippen LogP contribution in [0.4, 0.5) is 0 Å². The monoisotopic (exact) mass is 244 g/mol. The summed E-state index contributed by atoms with van der Waals surface area (Å²) in [7, 11) is 0. The summed E-state index contributed by atoms with van der Waals surface area (Å²) in [5.41, 5.74) is 0. The lowest BCUT2D eigenvalue weighted by Crippen LogP contribution is -2.49. The maximum Gasteiger partial charge on any atom is 0.320 e. The van der Waals surface area contributed by atoms with Crippen LogP contribution in [-0.4, -0.2) is 35.6 Å². The van der Waals surface area contributed by atoms with Gasteiger partial charge in [0.1, 0.15) is 6.04 Å². The second kappa shape index (κ2) is 8.98. The molecule has 0 saturated carbocycles. The van der Waals surface area contributed by atoms with Crippen LogP contribution in [0.2, 0.25) is 0 Å². The molecule has 0 fully saturated rings. The Labute approximate surface area is 103 Å². The molecule has 0 radical (unpaired) electrons. The summed E-state index contributed by atoms with van der Waals surface area (Å²) in [5, 5.41) is 14.6. The summed E-state index contributed by atoms with van der Waals surface area (Å²) < 4.78 is 0. The molecule has 2 atom stereocenters. The Morgan fingerprint density at radius 3 is 2.35 bits per heavy atom. The van der Waals surface area contributed by atoms with Crippen LogP contribution >= 0.6 is 0 Å². The van der Waals surface area contributed by atoms with Crippen LogP contribution in [0.5, 0.6) is 0 Å². The summed E-state index contributed by atoms with van der Waals surface area (Å²) in [5.74, 6) is -1.04. The summed E-state index contributed by atoms with van der Waals surface area (Å²) in [6, 6.07) is -1.12. The summed E-state index contributed by atoms with van der Waals surface area (Å²) in [6.07, 6.45) is 3.27. The van der Waals surface area contributed by atoms with Crippen LogP contribution in [0.3, 0.4) is 0 Å². The molecule has 0 saturated heterocycles. The van der Waals surface area contributed by atoms with E-state index in [0.29, 0.717) is 13.0 Å². The fraction of sp³-hybridized carbons (Fsp3) is 0.833. The SMILES string of the molecule is CCCCNC(=O)[C@@H](C)N[C@@H](CCC)C(=O)O. The lowest BCUT2D eigenvalue weighted by Gasteiger charge is -2.19. The highest BCUT2D eigenvalue weighted by atomic mass is 16.4. The second-order valence-electron chi connectivity index (χ2n) is 4.21. The van der Waals surface area contributed by atoms with E-state index in [1.165, 1.54) is 0 Å². The Hall–Kier alpha value is -1.10. The van der Waals surface area contributed by atoms with Crippen LogP contribution in [0, 0.1) is 0 Å². The average Bonchev–Trinajstić information content (AvgIpc) is 2.28. The van der Waals surface area contributed by atoms with Gasteiger partial charge in [0.25, 0.3) is 0 Å². The molecule has 0 aromatic carbocycles. The van der Waals surface area contributed by atoms with Crippen molar-refractivity contribution in [3.63, 3.8) is 0 Å². The number of aliphatic carboxylic acids is 1. The molecule has 1 amide bonds. The minimum atomic E-state index is -0.903. The van der Waals surface area contributed by atoms with E-state index in [0.717, 1.165) is 19.3 Å². The maximum absolute atomic E-state index is 11.6. The van der Waals surface area contributed by atoms with E-state index in [-0.39, 0.29) is 5.91 Å². The highest BCUT2D eigenvalue weighted by molar-refractivity contribution is 5.82. The van der Waals surface area contributed by atoms with Gasteiger partial charge in [0.15, 0.2) is 0 Å². The third kappa shape index (κ3) is 6.94. The van der Waals surface area contributed by atoms with E-state index >= 15 is 0 Å². The van der Waals surface area contributed by atoms with Gasteiger partial charge in [-0.25, -0.2) is 0 Å². The first-order valence-corrected chi connectivity index (χ1v) is 6.29. The predicted octanol–water partition coefficient (Wildman–Crippen LogP) is 1.13. The highest BCUT2D eigenvalue weighted by Crippen LogP contribution is 1.99. The number of carbonyl (C=O) groups is 2. The van der Waals surface area contributed by atoms with Crippen molar-refractivity contribution < 1.29 is 14.7 Å². The average molecular weight is 244 g/mol. The molecule has 0 bridgehead atoms. The minimum absolute atomic E-state index is 0.138. The Morgan fingerprint density at radius 2 is 1.88 bits per heavy atom. The Bertz CT molecular complexity index is 244. The fourth-order valence-electron chi connectivity index (χ4n) is 1.49. The standard InChI is InChI=1S/C12H24N2O3/c1-4-6-8-13-11(15)9(3)14-10(7-5-2)12(16)17/h9-10,14H,4-8H2,1-3H3,(H,13,15)(H,16,17)/t9-,10+/m1/s1. The van der Waals surface area contributed by atoms with Crippen molar-refractivity contribution in [1.82, 2.24) is 10.6 Å².